The molecule has 3 rings (SSSR count). The zero-order chi connectivity index (χ0) is 14.8. The first-order chi connectivity index (χ1) is 10.2. The van der Waals surface area contributed by atoms with E-state index in [9.17, 15) is 4.79 Å². The molecule has 1 aliphatic heterocycles. The molecule has 1 aliphatic rings. The normalized spacial score (nSPS) is 12.1. The van der Waals surface area contributed by atoms with Crippen molar-refractivity contribution < 1.29 is 9.53 Å². The summed E-state index contributed by atoms with van der Waals surface area (Å²) >= 11 is 0. The molecule has 0 aromatic heterocycles. The SMILES string of the molecule is N#Cc1ccc(NC(=O)c2ccc3c(c2)CCO3)c(N)c1. The fourth-order valence-electron chi connectivity index (χ4n) is 2.27. The minimum atomic E-state index is -0.235. The fourth-order valence-corrected chi connectivity index (χ4v) is 2.27. The van der Waals surface area contributed by atoms with E-state index in [1.54, 1.807) is 24.3 Å². The molecule has 0 bridgehead atoms. The van der Waals surface area contributed by atoms with E-state index in [4.69, 9.17) is 15.7 Å². The van der Waals surface area contributed by atoms with E-state index in [2.05, 4.69) is 5.32 Å². The lowest BCUT2D eigenvalue weighted by Gasteiger charge is -2.09. The van der Waals surface area contributed by atoms with Crippen molar-refractivity contribution in [3.05, 3.63) is 53.1 Å². The zero-order valence-corrected chi connectivity index (χ0v) is 11.2. The zero-order valence-electron chi connectivity index (χ0n) is 11.2. The molecule has 1 amide bonds. The first-order valence-corrected chi connectivity index (χ1v) is 6.54. The minimum absolute atomic E-state index is 0.235. The average molecular weight is 279 g/mol. The van der Waals surface area contributed by atoms with Crippen molar-refractivity contribution in [2.24, 2.45) is 0 Å². The Hall–Kier alpha value is -3.00. The number of ether oxygens (including phenoxy) is 1. The molecule has 5 nitrogen and oxygen atoms in total. The number of nitrogens with two attached hydrogens (primary N) is 1. The van der Waals surface area contributed by atoms with Gasteiger partial charge < -0.3 is 15.8 Å². The Kier molecular flexibility index (Phi) is 3.20. The molecule has 0 atom stereocenters. The quantitative estimate of drug-likeness (QED) is 0.826. The highest BCUT2D eigenvalue weighted by molar-refractivity contribution is 6.06. The predicted octanol–water partition coefficient (Wildman–Crippen LogP) is 2.33. The molecule has 0 saturated heterocycles. The minimum Gasteiger partial charge on any atom is -0.493 e. The molecular formula is C16H13N3O2. The number of hydrogen-bond acceptors (Lipinski definition) is 4. The molecule has 104 valence electrons. The van der Waals surface area contributed by atoms with E-state index in [-0.39, 0.29) is 5.91 Å². The largest absolute Gasteiger partial charge is 0.493 e. The molecule has 1 heterocycles. The smallest absolute Gasteiger partial charge is 0.255 e. The Balaban J connectivity index is 1.82. The van der Waals surface area contributed by atoms with Crippen LogP contribution in [0.5, 0.6) is 5.75 Å². The van der Waals surface area contributed by atoms with Crippen molar-refractivity contribution in [2.45, 2.75) is 6.42 Å². The van der Waals surface area contributed by atoms with Gasteiger partial charge in [-0.15, -0.1) is 0 Å². The van der Waals surface area contributed by atoms with E-state index < -0.39 is 0 Å². The molecule has 0 radical (unpaired) electrons. The molecule has 0 saturated carbocycles. The number of hydrogen-bond donors (Lipinski definition) is 2. The van der Waals surface area contributed by atoms with Crippen LogP contribution in [0.1, 0.15) is 21.5 Å². The molecule has 3 N–H and O–H groups in total. The molecule has 2 aromatic carbocycles. The van der Waals surface area contributed by atoms with E-state index >= 15 is 0 Å². The van der Waals surface area contributed by atoms with Crippen molar-refractivity contribution >= 4 is 17.3 Å². The summed E-state index contributed by atoms with van der Waals surface area (Å²) in [7, 11) is 0. The van der Waals surface area contributed by atoms with Crippen LogP contribution in [0, 0.1) is 11.3 Å². The number of amides is 1. The molecule has 0 unspecified atom stereocenters. The first-order valence-electron chi connectivity index (χ1n) is 6.54. The standard InChI is InChI=1S/C16H13N3O2/c17-9-10-1-3-14(13(18)7-10)19-16(20)12-2-4-15-11(8-12)5-6-21-15/h1-4,7-8H,5-6,18H2,(H,19,20). The Morgan fingerprint density at radius 3 is 2.90 bits per heavy atom. The second-order valence-electron chi connectivity index (χ2n) is 4.79. The predicted molar refractivity (Wildman–Crippen MR) is 79.2 cm³/mol. The van der Waals surface area contributed by atoms with E-state index in [1.807, 2.05) is 12.1 Å². The average Bonchev–Trinajstić information content (AvgIpc) is 2.96. The van der Waals surface area contributed by atoms with Crippen LogP contribution >= 0.6 is 0 Å². The highest BCUT2D eigenvalue weighted by Gasteiger charge is 2.15. The number of nitriles is 1. The lowest BCUT2D eigenvalue weighted by molar-refractivity contribution is 0.102. The van der Waals surface area contributed by atoms with Gasteiger partial charge >= 0.3 is 0 Å². The number of nitrogens with zero attached hydrogens (tertiary/aromatic N) is 1. The highest BCUT2D eigenvalue weighted by atomic mass is 16.5. The summed E-state index contributed by atoms with van der Waals surface area (Å²) in [4.78, 5) is 12.2. The topological polar surface area (TPSA) is 88.1 Å². The van der Waals surface area contributed by atoms with Gasteiger partial charge in [0.1, 0.15) is 5.75 Å². The number of carbonyl (C=O) groups excluding carboxylic acids is 1. The molecule has 0 aliphatic carbocycles. The van der Waals surface area contributed by atoms with Crippen LogP contribution in [0.3, 0.4) is 0 Å². The number of fused-ring (bicyclic) bond motifs is 1. The van der Waals surface area contributed by atoms with Crippen LogP contribution in [-0.2, 0) is 6.42 Å². The molecule has 2 aromatic rings. The third-order valence-corrected chi connectivity index (χ3v) is 3.38. The van der Waals surface area contributed by atoms with Crippen molar-refractivity contribution in [1.82, 2.24) is 0 Å². The third-order valence-electron chi connectivity index (χ3n) is 3.38. The molecular weight excluding hydrogens is 266 g/mol. The third kappa shape index (κ3) is 2.51. The Bertz CT molecular complexity index is 763. The number of nitrogen functional groups attached to an aromatic ring is 1. The van der Waals surface area contributed by atoms with Gasteiger partial charge in [0.05, 0.1) is 29.6 Å². The Morgan fingerprint density at radius 1 is 1.29 bits per heavy atom. The van der Waals surface area contributed by atoms with Gasteiger partial charge in [-0.2, -0.15) is 5.26 Å². The van der Waals surface area contributed by atoms with Crippen molar-refractivity contribution in [3.63, 3.8) is 0 Å². The van der Waals surface area contributed by atoms with Crippen LogP contribution in [0.4, 0.5) is 11.4 Å². The molecule has 5 heteroatoms. The number of rotatable bonds is 2. The van der Waals surface area contributed by atoms with Gasteiger partial charge in [0.2, 0.25) is 0 Å². The monoisotopic (exact) mass is 279 g/mol. The van der Waals surface area contributed by atoms with E-state index in [0.29, 0.717) is 29.1 Å². The molecule has 21 heavy (non-hydrogen) atoms. The summed E-state index contributed by atoms with van der Waals surface area (Å²) in [6.07, 6.45) is 0.815. The second kappa shape index (κ2) is 5.17. The maximum Gasteiger partial charge on any atom is 0.255 e. The van der Waals surface area contributed by atoms with Crippen molar-refractivity contribution in [1.29, 1.82) is 5.26 Å². The first kappa shape index (κ1) is 13.0. The number of benzene rings is 2. The summed E-state index contributed by atoms with van der Waals surface area (Å²) < 4.78 is 5.41. The van der Waals surface area contributed by atoms with Crippen LogP contribution in [0.2, 0.25) is 0 Å². The van der Waals surface area contributed by atoms with Crippen LogP contribution in [0.15, 0.2) is 36.4 Å². The maximum absolute atomic E-state index is 12.2. The molecule has 0 fully saturated rings. The fraction of sp³-hybridized carbons (Fsp3) is 0.125. The number of nitrogens with one attached hydrogen (secondary N) is 1. The van der Waals surface area contributed by atoms with Gasteiger partial charge in [-0.1, -0.05) is 0 Å². The Morgan fingerprint density at radius 2 is 2.14 bits per heavy atom. The summed E-state index contributed by atoms with van der Waals surface area (Å²) in [6.45, 7) is 0.656. The summed E-state index contributed by atoms with van der Waals surface area (Å²) in [6, 6.07) is 12.1. The number of carbonyl (C=O) groups is 1. The van der Waals surface area contributed by atoms with Gasteiger partial charge in [-0.05, 0) is 42.0 Å². The van der Waals surface area contributed by atoms with Gasteiger partial charge in [0.25, 0.3) is 5.91 Å². The lowest BCUT2D eigenvalue weighted by Crippen LogP contribution is -2.13. The van der Waals surface area contributed by atoms with E-state index in [1.165, 1.54) is 6.07 Å². The summed E-state index contributed by atoms with van der Waals surface area (Å²) in [5.41, 5.74) is 8.75. The summed E-state index contributed by atoms with van der Waals surface area (Å²) in [5.74, 6) is 0.602. The van der Waals surface area contributed by atoms with E-state index in [0.717, 1.165) is 17.7 Å². The maximum atomic E-state index is 12.2. The highest BCUT2D eigenvalue weighted by Crippen LogP contribution is 2.27. The van der Waals surface area contributed by atoms with Crippen molar-refractivity contribution in [2.75, 3.05) is 17.7 Å². The second-order valence-corrected chi connectivity index (χ2v) is 4.79. The summed E-state index contributed by atoms with van der Waals surface area (Å²) in [5, 5.41) is 11.6. The van der Waals surface area contributed by atoms with Crippen LogP contribution < -0.4 is 15.8 Å². The van der Waals surface area contributed by atoms with Gasteiger partial charge in [-0.3, -0.25) is 4.79 Å². The molecule has 0 spiro atoms. The van der Waals surface area contributed by atoms with Gasteiger partial charge in [0.15, 0.2) is 0 Å². The lowest BCUT2D eigenvalue weighted by atomic mass is 10.1. The van der Waals surface area contributed by atoms with Crippen LogP contribution in [0.25, 0.3) is 0 Å². The number of anilines is 2. The van der Waals surface area contributed by atoms with Crippen molar-refractivity contribution in [3.8, 4) is 11.8 Å². The van der Waals surface area contributed by atoms with Gasteiger partial charge in [0, 0.05) is 12.0 Å². The van der Waals surface area contributed by atoms with Gasteiger partial charge in [-0.25, -0.2) is 0 Å². The van der Waals surface area contributed by atoms with Crippen LogP contribution in [-0.4, -0.2) is 12.5 Å². The Labute approximate surface area is 121 Å².